The Kier molecular flexibility index (Phi) is 5.86. The predicted octanol–water partition coefficient (Wildman–Crippen LogP) is 0.952. The van der Waals surface area contributed by atoms with E-state index in [1.807, 2.05) is 0 Å². The lowest BCUT2D eigenvalue weighted by molar-refractivity contribution is -0.402. The fourth-order valence-corrected chi connectivity index (χ4v) is 0.528. The lowest BCUT2D eigenvalue weighted by Gasteiger charge is -2.05. The molecule has 0 aliphatic carbocycles. The van der Waals surface area contributed by atoms with Crippen LogP contribution in [0, 0.1) is 10.1 Å². The number of rotatable bonds is 5. The van der Waals surface area contributed by atoms with Crippen LogP contribution in [0.3, 0.4) is 0 Å². The highest BCUT2D eigenvalue weighted by atomic mass is 16.7. The molecule has 5 nitrogen and oxygen atoms in total. The van der Waals surface area contributed by atoms with Crippen molar-refractivity contribution in [2.45, 2.75) is 6.29 Å². The highest BCUT2D eigenvalue weighted by Gasteiger charge is 1.95. The molecule has 0 aromatic heterocycles. The molecule has 0 heterocycles. The lowest BCUT2D eigenvalue weighted by Crippen LogP contribution is -2.08. The van der Waals surface area contributed by atoms with E-state index >= 15 is 0 Å². The third kappa shape index (κ3) is 5.57. The van der Waals surface area contributed by atoms with Gasteiger partial charge in [0.2, 0.25) is 6.20 Å². The smallest absolute Gasteiger partial charge is 0.234 e. The molecule has 0 aliphatic rings. The average molecular weight is 173 g/mol. The van der Waals surface area contributed by atoms with Crippen LogP contribution in [0.2, 0.25) is 0 Å². The number of methoxy groups -OCH3 is 2. The molecule has 0 aromatic carbocycles. The summed E-state index contributed by atoms with van der Waals surface area (Å²) in [7, 11) is 2.96. The minimum absolute atomic E-state index is 0.457. The number of hydrogen-bond acceptors (Lipinski definition) is 4. The Morgan fingerprint density at radius 3 is 2.33 bits per heavy atom. The largest absolute Gasteiger partial charge is 0.352 e. The molecule has 0 saturated carbocycles. The summed E-state index contributed by atoms with van der Waals surface area (Å²) in [5.74, 6) is 0. The van der Waals surface area contributed by atoms with Crippen molar-refractivity contribution in [2.75, 3.05) is 14.2 Å². The Morgan fingerprint density at radius 1 is 1.33 bits per heavy atom. The standard InChI is InChI=1S/C7H11NO4/c1-11-7(12-2)5-3-4-6-8(9)10/h3-7H,1-2H3/b5-3+,6-4+. The summed E-state index contributed by atoms with van der Waals surface area (Å²) >= 11 is 0. The van der Waals surface area contributed by atoms with Gasteiger partial charge in [0.15, 0.2) is 6.29 Å². The first kappa shape index (κ1) is 10.8. The van der Waals surface area contributed by atoms with E-state index in [2.05, 4.69) is 0 Å². The van der Waals surface area contributed by atoms with E-state index in [4.69, 9.17) is 9.47 Å². The molecule has 5 heteroatoms. The molecule has 68 valence electrons. The van der Waals surface area contributed by atoms with Crippen molar-refractivity contribution in [2.24, 2.45) is 0 Å². The summed E-state index contributed by atoms with van der Waals surface area (Å²) in [4.78, 5) is 9.26. The van der Waals surface area contributed by atoms with Crippen molar-refractivity contribution in [1.29, 1.82) is 0 Å². The fourth-order valence-electron chi connectivity index (χ4n) is 0.528. The predicted molar refractivity (Wildman–Crippen MR) is 43.1 cm³/mol. The van der Waals surface area contributed by atoms with Crippen molar-refractivity contribution >= 4 is 0 Å². The summed E-state index contributed by atoms with van der Waals surface area (Å²) in [5.41, 5.74) is 0. The molecule has 0 aromatic rings. The molecule has 0 spiro atoms. The molecule has 0 N–H and O–H groups in total. The van der Waals surface area contributed by atoms with Gasteiger partial charge in [0.25, 0.3) is 0 Å². The van der Waals surface area contributed by atoms with Gasteiger partial charge >= 0.3 is 0 Å². The van der Waals surface area contributed by atoms with Gasteiger partial charge in [-0.1, -0.05) is 6.08 Å². The quantitative estimate of drug-likeness (QED) is 0.269. The Balaban J connectivity index is 3.80. The van der Waals surface area contributed by atoms with E-state index in [9.17, 15) is 10.1 Å². The molecule has 0 fully saturated rings. The summed E-state index contributed by atoms with van der Waals surface area (Å²) in [6, 6.07) is 0. The molecule has 0 rings (SSSR count). The molecular formula is C7H11NO4. The Labute approximate surface area is 70.4 Å². The third-order valence-corrected chi connectivity index (χ3v) is 1.05. The normalized spacial score (nSPS) is 11.9. The minimum atomic E-state index is -0.543. The van der Waals surface area contributed by atoms with Crippen molar-refractivity contribution in [3.8, 4) is 0 Å². The van der Waals surface area contributed by atoms with Crippen LogP contribution in [0.15, 0.2) is 24.4 Å². The van der Waals surface area contributed by atoms with Crippen LogP contribution in [0.25, 0.3) is 0 Å². The zero-order valence-electron chi connectivity index (χ0n) is 6.97. The number of ether oxygens (including phenoxy) is 2. The lowest BCUT2D eigenvalue weighted by atomic mass is 10.4. The first-order chi connectivity index (χ1) is 5.70. The van der Waals surface area contributed by atoms with Crippen LogP contribution < -0.4 is 0 Å². The average Bonchev–Trinajstić information content (AvgIpc) is 2.04. The van der Waals surface area contributed by atoms with E-state index in [0.29, 0.717) is 0 Å². The first-order valence-corrected chi connectivity index (χ1v) is 3.24. The highest BCUT2D eigenvalue weighted by Crippen LogP contribution is 1.92. The van der Waals surface area contributed by atoms with Gasteiger partial charge in [-0.2, -0.15) is 0 Å². The number of nitro groups is 1. The van der Waals surface area contributed by atoms with Gasteiger partial charge in [-0.25, -0.2) is 0 Å². The van der Waals surface area contributed by atoms with Gasteiger partial charge in [-0.3, -0.25) is 10.1 Å². The second kappa shape index (κ2) is 6.51. The molecule has 0 bridgehead atoms. The number of nitrogens with zero attached hydrogens (tertiary/aromatic N) is 1. The highest BCUT2D eigenvalue weighted by molar-refractivity contribution is 5.00. The second-order valence-corrected chi connectivity index (χ2v) is 1.85. The first-order valence-electron chi connectivity index (χ1n) is 3.24. The molecule has 0 radical (unpaired) electrons. The SMILES string of the molecule is COC(/C=C/C=C/[N+](=O)[O-])OC. The van der Waals surface area contributed by atoms with Gasteiger partial charge in [0, 0.05) is 20.3 Å². The van der Waals surface area contributed by atoms with E-state index in [1.54, 1.807) is 6.08 Å². The molecule has 0 unspecified atom stereocenters. The van der Waals surface area contributed by atoms with Crippen LogP contribution in [0.1, 0.15) is 0 Å². The molecule has 12 heavy (non-hydrogen) atoms. The maximum Gasteiger partial charge on any atom is 0.234 e. The van der Waals surface area contributed by atoms with Crippen molar-refractivity contribution in [3.63, 3.8) is 0 Å². The molecule has 0 atom stereocenters. The zero-order valence-corrected chi connectivity index (χ0v) is 6.97. The molecular weight excluding hydrogens is 162 g/mol. The third-order valence-electron chi connectivity index (χ3n) is 1.05. The summed E-state index contributed by atoms with van der Waals surface area (Å²) < 4.78 is 9.59. The van der Waals surface area contributed by atoms with Crippen LogP contribution in [0.4, 0.5) is 0 Å². The Hall–Kier alpha value is -1.20. The van der Waals surface area contributed by atoms with E-state index in [1.165, 1.54) is 26.4 Å². The van der Waals surface area contributed by atoms with Crippen molar-refractivity contribution < 1.29 is 14.4 Å². The molecule has 0 amide bonds. The van der Waals surface area contributed by atoms with E-state index in [-0.39, 0.29) is 0 Å². The summed E-state index contributed by atoms with van der Waals surface area (Å²) in [6.07, 6.45) is 4.71. The maximum atomic E-state index is 9.81. The van der Waals surface area contributed by atoms with Gasteiger partial charge in [-0.05, 0) is 6.08 Å². The zero-order chi connectivity index (χ0) is 9.40. The van der Waals surface area contributed by atoms with Crippen LogP contribution in [0.5, 0.6) is 0 Å². The Morgan fingerprint density at radius 2 is 1.92 bits per heavy atom. The topological polar surface area (TPSA) is 61.6 Å². The summed E-state index contributed by atoms with van der Waals surface area (Å²) in [5, 5.41) is 9.81. The van der Waals surface area contributed by atoms with Gasteiger partial charge in [-0.15, -0.1) is 0 Å². The van der Waals surface area contributed by atoms with Crippen LogP contribution in [-0.4, -0.2) is 25.4 Å². The fraction of sp³-hybridized carbons (Fsp3) is 0.429. The van der Waals surface area contributed by atoms with E-state index < -0.39 is 11.2 Å². The van der Waals surface area contributed by atoms with Gasteiger partial charge < -0.3 is 9.47 Å². The number of hydrogen-bond donors (Lipinski definition) is 0. The van der Waals surface area contributed by atoms with Gasteiger partial charge in [0.05, 0.1) is 4.92 Å². The maximum absolute atomic E-state index is 9.81. The second-order valence-electron chi connectivity index (χ2n) is 1.85. The number of allylic oxidation sites excluding steroid dienone is 2. The van der Waals surface area contributed by atoms with Crippen LogP contribution in [-0.2, 0) is 9.47 Å². The molecule has 0 saturated heterocycles. The van der Waals surface area contributed by atoms with Gasteiger partial charge in [0.1, 0.15) is 0 Å². The van der Waals surface area contributed by atoms with Crippen molar-refractivity contribution in [1.82, 2.24) is 0 Å². The minimum Gasteiger partial charge on any atom is -0.352 e. The van der Waals surface area contributed by atoms with Crippen LogP contribution >= 0.6 is 0 Å². The summed E-state index contributed by atoms with van der Waals surface area (Å²) in [6.45, 7) is 0. The van der Waals surface area contributed by atoms with Crippen molar-refractivity contribution in [3.05, 3.63) is 34.5 Å². The molecule has 0 aliphatic heterocycles. The monoisotopic (exact) mass is 173 g/mol. The van der Waals surface area contributed by atoms with E-state index in [0.717, 1.165) is 6.20 Å². The Bertz CT molecular complexity index is 184.